The molecule has 1 aromatic heterocycles. The highest BCUT2D eigenvalue weighted by Gasteiger charge is 2.33. The molecule has 0 radical (unpaired) electrons. The molecule has 3 aromatic rings. The normalized spacial score (nSPS) is 15.8. The summed E-state index contributed by atoms with van der Waals surface area (Å²) in [7, 11) is 0. The molecule has 0 spiro atoms. The van der Waals surface area contributed by atoms with Gasteiger partial charge in [-0.15, -0.1) is 11.3 Å². The van der Waals surface area contributed by atoms with Crippen LogP contribution in [0, 0.1) is 11.3 Å². The molecule has 1 aliphatic carbocycles. The quantitative estimate of drug-likeness (QED) is 0.460. The van der Waals surface area contributed by atoms with Gasteiger partial charge in [0, 0.05) is 10.4 Å². The van der Waals surface area contributed by atoms with Gasteiger partial charge in [0.05, 0.1) is 5.56 Å². The van der Waals surface area contributed by atoms with E-state index in [0.717, 1.165) is 35.6 Å². The first-order valence-corrected chi connectivity index (χ1v) is 11.9. The topological polar surface area (TPSA) is 84.2 Å². The molecule has 1 aliphatic rings. The molecule has 0 bridgehead atoms. The van der Waals surface area contributed by atoms with Crippen molar-refractivity contribution < 1.29 is 9.59 Å². The van der Waals surface area contributed by atoms with E-state index in [0.29, 0.717) is 22.0 Å². The Morgan fingerprint density at radius 1 is 1.12 bits per heavy atom. The lowest BCUT2D eigenvalue weighted by Gasteiger charge is -2.33. The van der Waals surface area contributed by atoms with Gasteiger partial charge in [-0.1, -0.05) is 57.2 Å². The zero-order chi connectivity index (χ0) is 23.0. The van der Waals surface area contributed by atoms with Gasteiger partial charge in [-0.25, -0.2) is 0 Å². The minimum atomic E-state index is -0.470. The summed E-state index contributed by atoms with van der Waals surface area (Å²) >= 11 is 6.93. The van der Waals surface area contributed by atoms with Crippen molar-refractivity contribution in [2.24, 2.45) is 17.1 Å². The first kappa shape index (κ1) is 22.4. The lowest BCUT2D eigenvalue weighted by atomic mass is 9.72. The predicted octanol–water partition coefficient (Wildman–Crippen LogP) is 5.28. The third-order valence-corrected chi connectivity index (χ3v) is 7.60. The molecule has 166 valence electrons. The summed E-state index contributed by atoms with van der Waals surface area (Å²) in [5.41, 5.74) is 7.99. The molecule has 2 amide bonds. The Morgan fingerprint density at radius 2 is 1.84 bits per heavy atom. The van der Waals surface area contributed by atoms with Crippen LogP contribution in [0.15, 0.2) is 42.5 Å². The van der Waals surface area contributed by atoms with Gasteiger partial charge in [-0.05, 0) is 65.2 Å². The Morgan fingerprint density at radius 3 is 2.56 bits per heavy atom. The van der Waals surface area contributed by atoms with Crippen molar-refractivity contribution in [3.8, 4) is 0 Å². The van der Waals surface area contributed by atoms with Crippen LogP contribution in [0.1, 0.15) is 58.3 Å². The summed E-state index contributed by atoms with van der Waals surface area (Å²) in [5.74, 6) is -0.225. The number of carbonyl (C=O) groups is 2. The average molecular weight is 466 g/mol. The van der Waals surface area contributed by atoms with Gasteiger partial charge < -0.3 is 11.1 Å². The standard InChI is InChI=1S/C25H27N3O2S2/c1-25(2,3)15-11-12-18-19(13-15)32-23(20(18)21(26)29)28-24(31)27-22(30)17-10-6-8-14-7-4-5-9-16(14)17/h4-10,15H,11-13H2,1-3H3,(H2,26,29)(H2,27,28,30,31)/t15-/m0/s1. The molecule has 1 heterocycles. The van der Waals surface area contributed by atoms with Gasteiger partial charge in [-0.3, -0.25) is 14.9 Å². The smallest absolute Gasteiger partial charge is 0.258 e. The van der Waals surface area contributed by atoms with E-state index in [2.05, 4.69) is 31.4 Å². The molecule has 4 rings (SSSR count). The second kappa shape index (κ2) is 8.64. The van der Waals surface area contributed by atoms with Gasteiger partial charge in [-0.2, -0.15) is 0 Å². The van der Waals surface area contributed by atoms with Crippen molar-refractivity contribution in [3.63, 3.8) is 0 Å². The Balaban J connectivity index is 1.55. The Labute approximate surface area is 197 Å². The maximum absolute atomic E-state index is 12.9. The molecule has 0 saturated carbocycles. The van der Waals surface area contributed by atoms with Gasteiger partial charge in [0.15, 0.2) is 5.11 Å². The molecule has 0 unspecified atom stereocenters. The SMILES string of the molecule is CC(C)(C)[C@H]1CCc2c(sc(NC(=S)NC(=O)c3cccc4ccccc34)c2C(N)=O)C1. The second-order valence-electron chi connectivity index (χ2n) is 9.31. The minimum absolute atomic E-state index is 0.149. The largest absolute Gasteiger partial charge is 0.365 e. The number of carbonyl (C=O) groups excluding carboxylic acids is 2. The van der Waals surface area contributed by atoms with E-state index in [1.165, 1.54) is 16.2 Å². The summed E-state index contributed by atoms with van der Waals surface area (Å²) < 4.78 is 0. The van der Waals surface area contributed by atoms with Crippen molar-refractivity contribution in [2.75, 3.05) is 5.32 Å². The predicted molar refractivity (Wildman–Crippen MR) is 135 cm³/mol. The van der Waals surface area contributed by atoms with E-state index in [9.17, 15) is 9.59 Å². The Hall–Kier alpha value is -2.77. The molecule has 2 aromatic carbocycles. The van der Waals surface area contributed by atoms with E-state index >= 15 is 0 Å². The summed E-state index contributed by atoms with van der Waals surface area (Å²) in [6, 6.07) is 13.3. The maximum atomic E-state index is 12.9. The van der Waals surface area contributed by atoms with Crippen LogP contribution < -0.4 is 16.4 Å². The average Bonchev–Trinajstić information content (AvgIpc) is 3.09. The van der Waals surface area contributed by atoms with Crippen LogP contribution in [-0.2, 0) is 12.8 Å². The fourth-order valence-corrected chi connectivity index (χ4v) is 6.00. The number of thiocarbonyl (C=S) groups is 1. The van der Waals surface area contributed by atoms with Crippen LogP contribution in [0.25, 0.3) is 10.8 Å². The fourth-order valence-electron chi connectivity index (χ4n) is 4.40. The number of benzene rings is 2. The number of hydrogen-bond donors (Lipinski definition) is 3. The minimum Gasteiger partial charge on any atom is -0.365 e. The molecule has 0 aliphatic heterocycles. The maximum Gasteiger partial charge on any atom is 0.258 e. The number of nitrogens with two attached hydrogens (primary N) is 1. The van der Waals surface area contributed by atoms with Gasteiger partial charge in [0.25, 0.3) is 11.8 Å². The Kier molecular flexibility index (Phi) is 6.05. The number of nitrogens with one attached hydrogen (secondary N) is 2. The Bertz CT molecular complexity index is 1220. The molecule has 1 atom stereocenters. The zero-order valence-electron chi connectivity index (χ0n) is 18.5. The molecular formula is C25H27N3O2S2. The van der Waals surface area contributed by atoms with Crippen LogP contribution in [-0.4, -0.2) is 16.9 Å². The highest BCUT2D eigenvalue weighted by atomic mass is 32.1. The van der Waals surface area contributed by atoms with Crippen molar-refractivity contribution in [1.29, 1.82) is 0 Å². The third kappa shape index (κ3) is 4.40. The van der Waals surface area contributed by atoms with Gasteiger partial charge in [0.1, 0.15) is 5.00 Å². The highest BCUT2D eigenvalue weighted by Crippen LogP contribution is 2.44. The molecule has 0 fully saturated rings. The summed E-state index contributed by atoms with van der Waals surface area (Å²) in [6.07, 6.45) is 2.76. The molecule has 7 heteroatoms. The van der Waals surface area contributed by atoms with Crippen LogP contribution in [0.3, 0.4) is 0 Å². The fraction of sp³-hybridized carbons (Fsp3) is 0.320. The van der Waals surface area contributed by atoms with Crippen LogP contribution in [0.2, 0.25) is 0 Å². The van der Waals surface area contributed by atoms with Crippen molar-refractivity contribution in [2.45, 2.75) is 40.0 Å². The molecule has 5 nitrogen and oxygen atoms in total. The van der Waals surface area contributed by atoms with Crippen LogP contribution in [0.4, 0.5) is 5.00 Å². The van der Waals surface area contributed by atoms with Crippen LogP contribution in [0.5, 0.6) is 0 Å². The number of thiophene rings is 1. The third-order valence-electron chi connectivity index (χ3n) is 6.22. The number of rotatable bonds is 3. The number of fused-ring (bicyclic) bond motifs is 2. The van der Waals surface area contributed by atoms with E-state index < -0.39 is 5.91 Å². The monoisotopic (exact) mass is 465 g/mol. The molecule has 0 saturated heterocycles. The van der Waals surface area contributed by atoms with E-state index in [1.807, 2.05) is 36.4 Å². The van der Waals surface area contributed by atoms with Gasteiger partial charge >= 0.3 is 0 Å². The number of hydrogen-bond acceptors (Lipinski definition) is 4. The van der Waals surface area contributed by atoms with E-state index in [1.54, 1.807) is 6.07 Å². The number of anilines is 1. The zero-order valence-corrected chi connectivity index (χ0v) is 20.1. The van der Waals surface area contributed by atoms with Crippen molar-refractivity contribution in [3.05, 3.63) is 64.0 Å². The first-order valence-electron chi connectivity index (χ1n) is 10.7. The first-order chi connectivity index (χ1) is 15.1. The highest BCUT2D eigenvalue weighted by molar-refractivity contribution is 7.80. The second-order valence-corrected chi connectivity index (χ2v) is 10.8. The lowest BCUT2D eigenvalue weighted by molar-refractivity contribution is 0.0977. The van der Waals surface area contributed by atoms with Gasteiger partial charge in [0.2, 0.25) is 0 Å². The number of amides is 2. The summed E-state index contributed by atoms with van der Waals surface area (Å²) in [5, 5.41) is 8.42. The summed E-state index contributed by atoms with van der Waals surface area (Å²) in [6.45, 7) is 6.76. The molecular weight excluding hydrogens is 438 g/mol. The van der Waals surface area contributed by atoms with E-state index in [-0.39, 0.29) is 16.4 Å². The molecule has 32 heavy (non-hydrogen) atoms. The molecule has 4 N–H and O–H groups in total. The lowest BCUT2D eigenvalue weighted by Crippen LogP contribution is -2.34. The summed E-state index contributed by atoms with van der Waals surface area (Å²) in [4.78, 5) is 26.3. The van der Waals surface area contributed by atoms with Crippen molar-refractivity contribution >= 4 is 56.3 Å². The number of primary amides is 1. The van der Waals surface area contributed by atoms with Crippen LogP contribution >= 0.6 is 23.6 Å². The van der Waals surface area contributed by atoms with Crippen molar-refractivity contribution in [1.82, 2.24) is 5.32 Å². The van der Waals surface area contributed by atoms with E-state index in [4.69, 9.17) is 18.0 Å².